The Morgan fingerprint density at radius 1 is 1.42 bits per heavy atom. The zero-order valence-corrected chi connectivity index (χ0v) is 15.4. The first-order valence-electron chi connectivity index (χ1n) is 8.82. The van der Waals surface area contributed by atoms with Crippen molar-refractivity contribution in [1.82, 2.24) is 20.8 Å². The van der Waals surface area contributed by atoms with Crippen molar-refractivity contribution < 1.29 is 8.91 Å². The number of guanidine groups is 1. The highest BCUT2D eigenvalue weighted by molar-refractivity contribution is 5.80. The molecule has 1 fully saturated rings. The second kappa shape index (κ2) is 8.16. The minimum Gasteiger partial charge on any atom is -0.369 e. The third-order valence-corrected chi connectivity index (χ3v) is 4.47. The van der Waals surface area contributed by atoms with Crippen LogP contribution in [0.4, 0.5) is 10.1 Å². The van der Waals surface area contributed by atoms with Crippen molar-refractivity contribution >= 4 is 11.6 Å². The number of benzene rings is 1. The van der Waals surface area contributed by atoms with E-state index in [1.54, 1.807) is 20.0 Å². The van der Waals surface area contributed by atoms with E-state index in [1.165, 1.54) is 6.07 Å². The summed E-state index contributed by atoms with van der Waals surface area (Å²) in [4.78, 5) is 10.7. The molecule has 2 N–H and O–H groups in total. The second-order valence-corrected chi connectivity index (χ2v) is 6.52. The van der Waals surface area contributed by atoms with Crippen LogP contribution in [0.3, 0.4) is 0 Å². The van der Waals surface area contributed by atoms with Crippen LogP contribution in [0.2, 0.25) is 0 Å². The number of nitrogens with zero attached hydrogens (tertiary/aromatic N) is 4. The number of piperidine rings is 1. The van der Waals surface area contributed by atoms with Gasteiger partial charge in [0.25, 0.3) is 0 Å². The van der Waals surface area contributed by atoms with Gasteiger partial charge in [0.2, 0.25) is 5.89 Å². The molecular formula is C18H25FN6O. The van der Waals surface area contributed by atoms with E-state index in [0.29, 0.717) is 24.2 Å². The number of anilines is 1. The summed E-state index contributed by atoms with van der Waals surface area (Å²) in [7, 11) is 1.74. The van der Waals surface area contributed by atoms with E-state index in [2.05, 4.69) is 30.7 Å². The first kappa shape index (κ1) is 18.2. The summed E-state index contributed by atoms with van der Waals surface area (Å²) in [6.07, 6.45) is 2.12. The van der Waals surface area contributed by atoms with Crippen molar-refractivity contribution in [3.63, 3.8) is 0 Å². The first-order valence-corrected chi connectivity index (χ1v) is 8.82. The van der Waals surface area contributed by atoms with Gasteiger partial charge >= 0.3 is 0 Å². The Bertz CT molecular complexity index is 775. The van der Waals surface area contributed by atoms with Crippen LogP contribution in [0.1, 0.15) is 30.1 Å². The van der Waals surface area contributed by atoms with Crippen LogP contribution < -0.4 is 15.5 Å². The Morgan fingerprint density at radius 2 is 2.27 bits per heavy atom. The SMILES string of the molecule is CN=C(NCc1noc(C)n1)NC1CCCN(c2ccc(F)cc2C)C1. The molecule has 2 aromatic rings. The summed E-state index contributed by atoms with van der Waals surface area (Å²) in [5.74, 6) is 1.65. The minimum absolute atomic E-state index is 0.195. The van der Waals surface area contributed by atoms with Crippen molar-refractivity contribution in [2.45, 2.75) is 39.3 Å². The summed E-state index contributed by atoms with van der Waals surface area (Å²) < 4.78 is 18.3. The molecule has 1 aromatic heterocycles. The molecule has 0 bridgehead atoms. The molecule has 0 spiro atoms. The number of rotatable bonds is 4. The summed E-state index contributed by atoms with van der Waals surface area (Å²) >= 11 is 0. The monoisotopic (exact) mass is 360 g/mol. The van der Waals surface area contributed by atoms with Gasteiger partial charge in [0, 0.05) is 38.8 Å². The molecule has 1 aliphatic heterocycles. The predicted octanol–water partition coefficient (Wildman–Crippen LogP) is 2.16. The maximum absolute atomic E-state index is 13.4. The lowest BCUT2D eigenvalue weighted by Crippen LogP contribution is -2.51. The van der Waals surface area contributed by atoms with Gasteiger partial charge in [-0.1, -0.05) is 5.16 Å². The molecule has 0 saturated carbocycles. The van der Waals surface area contributed by atoms with Gasteiger partial charge < -0.3 is 20.1 Å². The third kappa shape index (κ3) is 4.50. The van der Waals surface area contributed by atoms with E-state index in [9.17, 15) is 4.39 Å². The fraction of sp³-hybridized carbons (Fsp3) is 0.500. The zero-order valence-electron chi connectivity index (χ0n) is 15.4. The number of aliphatic imine (C=N–C) groups is 1. The van der Waals surface area contributed by atoms with Crippen molar-refractivity contribution in [2.75, 3.05) is 25.0 Å². The van der Waals surface area contributed by atoms with Crippen molar-refractivity contribution in [2.24, 2.45) is 4.99 Å². The molecule has 0 radical (unpaired) electrons. The minimum atomic E-state index is -0.195. The predicted molar refractivity (Wildman–Crippen MR) is 98.7 cm³/mol. The van der Waals surface area contributed by atoms with Gasteiger partial charge in [-0.15, -0.1) is 0 Å². The molecule has 1 saturated heterocycles. The van der Waals surface area contributed by atoms with E-state index in [1.807, 2.05) is 13.0 Å². The third-order valence-electron chi connectivity index (χ3n) is 4.47. The standard InChI is InChI=1S/C18H25FN6O/c1-12-9-14(19)6-7-16(12)25-8-4-5-15(11-25)23-18(20-3)21-10-17-22-13(2)26-24-17/h6-7,9,15H,4-5,8,10-11H2,1-3H3,(H2,20,21,23). The zero-order chi connectivity index (χ0) is 18.5. The van der Waals surface area contributed by atoms with E-state index in [4.69, 9.17) is 4.52 Å². The molecule has 140 valence electrons. The average Bonchev–Trinajstić information content (AvgIpc) is 3.04. The van der Waals surface area contributed by atoms with Crippen molar-refractivity contribution in [1.29, 1.82) is 0 Å². The maximum atomic E-state index is 13.4. The van der Waals surface area contributed by atoms with Gasteiger partial charge in [0.05, 0.1) is 6.54 Å². The van der Waals surface area contributed by atoms with Gasteiger partial charge in [-0.2, -0.15) is 4.98 Å². The summed E-state index contributed by atoms with van der Waals surface area (Å²) in [5, 5.41) is 10.5. The molecule has 1 unspecified atom stereocenters. The molecule has 3 rings (SSSR count). The molecule has 1 aromatic carbocycles. The van der Waals surface area contributed by atoms with E-state index >= 15 is 0 Å². The molecule has 7 nitrogen and oxygen atoms in total. The summed E-state index contributed by atoms with van der Waals surface area (Å²) in [6, 6.07) is 5.22. The fourth-order valence-corrected chi connectivity index (χ4v) is 3.25. The molecule has 1 atom stereocenters. The van der Waals surface area contributed by atoms with Crippen LogP contribution in [-0.4, -0.2) is 42.3 Å². The Morgan fingerprint density at radius 3 is 2.96 bits per heavy atom. The number of nitrogens with one attached hydrogen (secondary N) is 2. The van der Waals surface area contributed by atoms with Crippen molar-refractivity contribution in [3.05, 3.63) is 41.3 Å². The molecule has 26 heavy (non-hydrogen) atoms. The molecule has 0 amide bonds. The largest absolute Gasteiger partial charge is 0.369 e. The highest BCUT2D eigenvalue weighted by Crippen LogP contribution is 2.24. The smallest absolute Gasteiger partial charge is 0.223 e. The summed E-state index contributed by atoms with van der Waals surface area (Å²) in [5.41, 5.74) is 2.05. The van der Waals surface area contributed by atoms with Gasteiger partial charge in [0.1, 0.15) is 5.82 Å². The number of hydrogen-bond donors (Lipinski definition) is 2. The van der Waals surface area contributed by atoms with Crippen LogP contribution in [-0.2, 0) is 6.54 Å². The highest BCUT2D eigenvalue weighted by Gasteiger charge is 2.22. The number of halogens is 1. The Kier molecular flexibility index (Phi) is 5.70. The van der Waals surface area contributed by atoms with Crippen LogP contribution in [0.5, 0.6) is 0 Å². The lowest BCUT2D eigenvalue weighted by Gasteiger charge is -2.36. The normalized spacial score (nSPS) is 18.1. The molecule has 8 heteroatoms. The van der Waals surface area contributed by atoms with E-state index in [0.717, 1.165) is 37.2 Å². The average molecular weight is 360 g/mol. The quantitative estimate of drug-likeness (QED) is 0.643. The van der Waals surface area contributed by atoms with Crippen LogP contribution >= 0.6 is 0 Å². The van der Waals surface area contributed by atoms with Gasteiger partial charge in [-0.05, 0) is 43.5 Å². The van der Waals surface area contributed by atoms with Crippen LogP contribution in [0.25, 0.3) is 0 Å². The van der Waals surface area contributed by atoms with Crippen LogP contribution in [0.15, 0.2) is 27.7 Å². The second-order valence-electron chi connectivity index (χ2n) is 6.52. The molecule has 0 aliphatic carbocycles. The van der Waals surface area contributed by atoms with Gasteiger partial charge in [-0.25, -0.2) is 4.39 Å². The van der Waals surface area contributed by atoms with Crippen molar-refractivity contribution in [3.8, 4) is 0 Å². The topological polar surface area (TPSA) is 78.6 Å². The maximum Gasteiger partial charge on any atom is 0.223 e. The Hall–Kier alpha value is -2.64. The lowest BCUT2D eigenvalue weighted by atomic mass is 10.0. The van der Waals surface area contributed by atoms with Gasteiger partial charge in [-0.3, -0.25) is 4.99 Å². The molecular weight excluding hydrogens is 335 g/mol. The number of hydrogen-bond acceptors (Lipinski definition) is 5. The Balaban J connectivity index is 1.58. The van der Waals surface area contributed by atoms with E-state index in [-0.39, 0.29) is 11.9 Å². The Labute approximate surface area is 152 Å². The first-order chi connectivity index (χ1) is 12.5. The highest BCUT2D eigenvalue weighted by atomic mass is 19.1. The number of aryl methyl sites for hydroxylation is 2. The van der Waals surface area contributed by atoms with Gasteiger partial charge in [0.15, 0.2) is 11.8 Å². The summed E-state index contributed by atoms with van der Waals surface area (Å²) in [6.45, 7) is 5.97. The molecule has 1 aliphatic rings. The fourth-order valence-electron chi connectivity index (χ4n) is 3.25. The molecule has 2 heterocycles. The number of aromatic nitrogens is 2. The van der Waals surface area contributed by atoms with Crippen LogP contribution in [0, 0.1) is 19.7 Å². The van der Waals surface area contributed by atoms with E-state index < -0.39 is 0 Å². The lowest BCUT2D eigenvalue weighted by molar-refractivity contribution is 0.386.